The number of hydrogen-bond donors (Lipinski definition) is 2. The summed E-state index contributed by atoms with van der Waals surface area (Å²) < 4.78 is 0. The minimum Gasteiger partial charge on any atom is -0.396 e. The van der Waals surface area contributed by atoms with Crippen LogP contribution in [-0.2, 0) is 16.0 Å². The summed E-state index contributed by atoms with van der Waals surface area (Å²) in [5.74, 6) is -0.0699. The maximum absolute atomic E-state index is 12.3. The molecule has 0 spiro atoms. The van der Waals surface area contributed by atoms with Crippen molar-refractivity contribution in [1.29, 1.82) is 0 Å². The molecule has 0 heterocycles. The van der Waals surface area contributed by atoms with Crippen molar-refractivity contribution >= 4 is 17.5 Å². The van der Waals surface area contributed by atoms with Crippen LogP contribution in [0, 0.1) is 0 Å². The first-order valence-electron chi connectivity index (χ1n) is 7.21. The normalized spacial score (nSPS) is 10.5. The number of nitrogens with zero attached hydrogens (tertiary/aromatic N) is 1. The third-order valence-corrected chi connectivity index (χ3v) is 3.13. The first-order chi connectivity index (χ1) is 9.93. The van der Waals surface area contributed by atoms with Gasteiger partial charge in [-0.15, -0.1) is 0 Å². The van der Waals surface area contributed by atoms with Crippen molar-refractivity contribution in [2.45, 2.75) is 39.7 Å². The van der Waals surface area contributed by atoms with Crippen molar-refractivity contribution < 1.29 is 14.7 Å². The van der Waals surface area contributed by atoms with Crippen LogP contribution in [0.1, 0.15) is 32.8 Å². The number of anilines is 1. The predicted octanol–water partition coefficient (Wildman–Crippen LogP) is 1.81. The highest BCUT2D eigenvalue weighted by Crippen LogP contribution is 2.12. The average molecular weight is 292 g/mol. The van der Waals surface area contributed by atoms with Gasteiger partial charge in [0.05, 0.1) is 6.42 Å². The molecule has 0 atom stereocenters. The fourth-order valence-electron chi connectivity index (χ4n) is 2.10. The third kappa shape index (κ3) is 5.95. The number of benzene rings is 1. The highest BCUT2D eigenvalue weighted by Gasteiger charge is 2.16. The monoisotopic (exact) mass is 292 g/mol. The molecule has 5 nitrogen and oxygen atoms in total. The van der Waals surface area contributed by atoms with Crippen LogP contribution < -0.4 is 5.32 Å². The Bertz CT molecular complexity index is 469. The van der Waals surface area contributed by atoms with E-state index in [-0.39, 0.29) is 24.5 Å². The van der Waals surface area contributed by atoms with Crippen LogP contribution in [-0.4, -0.2) is 41.0 Å². The fourth-order valence-corrected chi connectivity index (χ4v) is 2.10. The molecule has 1 rings (SSSR count). The van der Waals surface area contributed by atoms with Gasteiger partial charge in [-0.25, -0.2) is 0 Å². The number of carbonyl (C=O) groups is 2. The first kappa shape index (κ1) is 17.2. The Labute approximate surface area is 126 Å². The molecule has 1 aromatic rings. The molecule has 0 aliphatic carbocycles. The smallest absolute Gasteiger partial charge is 0.227 e. The van der Waals surface area contributed by atoms with Crippen molar-refractivity contribution in [1.82, 2.24) is 4.90 Å². The van der Waals surface area contributed by atoms with Crippen LogP contribution in [0.3, 0.4) is 0 Å². The Balaban J connectivity index is 2.65. The van der Waals surface area contributed by atoms with E-state index in [4.69, 9.17) is 5.11 Å². The van der Waals surface area contributed by atoms with Gasteiger partial charge in [0.1, 0.15) is 0 Å². The Morgan fingerprint density at radius 1 is 1.24 bits per heavy atom. The van der Waals surface area contributed by atoms with E-state index in [1.54, 1.807) is 17.0 Å². The summed E-state index contributed by atoms with van der Waals surface area (Å²) in [7, 11) is 0. The fraction of sp³-hybridized carbons (Fsp3) is 0.500. The van der Waals surface area contributed by atoms with E-state index in [0.29, 0.717) is 19.4 Å². The Kier molecular flexibility index (Phi) is 6.88. The maximum atomic E-state index is 12.3. The SMILES string of the molecule is CC(=O)Nc1ccc(CC(=O)N(CCCO)C(C)C)cc1. The molecule has 21 heavy (non-hydrogen) atoms. The molecule has 2 amide bonds. The van der Waals surface area contributed by atoms with Crippen LogP contribution in [0.2, 0.25) is 0 Å². The zero-order valence-corrected chi connectivity index (χ0v) is 12.9. The van der Waals surface area contributed by atoms with E-state index in [0.717, 1.165) is 11.3 Å². The molecule has 5 heteroatoms. The van der Waals surface area contributed by atoms with E-state index >= 15 is 0 Å². The molecule has 0 radical (unpaired) electrons. The minimum absolute atomic E-state index is 0.0470. The predicted molar refractivity (Wildman–Crippen MR) is 83.0 cm³/mol. The van der Waals surface area contributed by atoms with Crippen LogP contribution in [0.25, 0.3) is 0 Å². The molecule has 0 bridgehead atoms. The molecular weight excluding hydrogens is 268 g/mol. The lowest BCUT2D eigenvalue weighted by atomic mass is 10.1. The molecule has 0 aromatic heterocycles. The molecule has 1 aromatic carbocycles. The van der Waals surface area contributed by atoms with Crippen molar-refractivity contribution in [2.24, 2.45) is 0 Å². The van der Waals surface area contributed by atoms with Gasteiger partial charge in [-0.05, 0) is 38.0 Å². The number of hydrogen-bond acceptors (Lipinski definition) is 3. The molecule has 0 aliphatic heterocycles. The molecule has 116 valence electrons. The minimum atomic E-state index is -0.117. The number of nitrogens with one attached hydrogen (secondary N) is 1. The molecule has 0 saturated heterocycles. The highest BCUT2D eigenvalue weighted by molar-refractivity contribution is 5.88. The molecule has 0 fully saturated rings. The molecule has 0 unspecified atom stereocenters. The largest absolute Gasteiger partial charge is 0.396 e. The van der Waals surface area contributed by atoms with Gasteiger partial charge in [0.15, 0.2) is 0 Å². The van der Waals surface area contributed by atoms with Crippen molar-refractivity contribution in [3.8, 4) is 0 Å². The lowest BCUT2D eigenvalue weighted by Crippen LogP contribution is -2.39. The first-order valence-corrected chi connectivity index (χ1v) is 7.21. The lowest BCUT2D eigenvalue weighted by molar-refractivity contribution is -0.132. The van der Waals surface area contributed by atoms with Gasteiger partial charge in [0.2, 0.25) is 11.8 Å². The second-order valence-corrected chi connectivity index (χ2v) is 5.31. The van der Waals surface area contributed by atoms with E-state index in [1.165, 1.54) is 6.92 Å². The second kappa shape index (κ2) is 8.42. The molecule has 0 aliphatic rings. The summed E-state index contributed by atoms with van der Waals surface area (Å²) in [6.07, 6.45) is 0.912. The van der Waals surface area contributed by atoms with Crippen molar-refractivity contribution in [3.05, 3.63) is 29.8 Å². The molecule has 2 N–H and O–H groups in total. The van der Waals surface area contributed by atoms with E-state index in [9.17, 15) is 9.59 Å². The van der Waals surface area contributed by atoms with E-state index in [1.807, 2.05) is 26.0 Å². The standard InChI is InChI=1S/C16H24N2O3/c1-12(2)18(9-4-10-19)16(21)11-14-5-7-15(8-6-14)17-13(3)20/h5-8,12,19H,4,9-11H2,1-3H3,(H,17,20). The topological polar surface area (TPSA) is 69.6 Å². The van der Waals surface area contributed by atoms with Gasteiger partial charge < -0.3 is 15.3 Å². The van der Waals surface area contributed by atoms with Crippen molar-refractivity contribution in [2.75, 3.05) is 18.5 Å². The average Bonchev–Trinajstić information content (AvgIpc) is 2.40. The summed E-state index contributed by atoms with van der Waals surface area (Å²) in [6.45, 7) is 6.04. The summed E-state index contributed by atoms with van der Waals surface area (Å²) in [4.78, 5) is 25.0. The third-order valence-electron chi connectivity index (χ3n) is 3.13. The van der Waals surface area contributed by atoms with Crippen LogP contribution in [0.4, 0.5) is 5.69 Å². The zero-order chi connectivity index (χ0) is 15.8. The second-order valence-electron chi connectivity index (χ2n) is 5.31. The number of amides is 2. The summed E-state index contributed by atoms with van der Waals surface area (Å²) >= 11 is 0. The Morgan fingerprint density at radius 3 is 2.33 bits per heavy atom. The van der Waals surface area contributed by atoms with Gasteiger partial charge in [0, 0.05) is 31.8 Å². The van der Waals surface area contributed by atoms with Gasteiger partial charge in [-0.2, -0.15) is 0 Å². The maximum Gasteiger partial charge on any atom is 0.227 e. The van der Waals surface area contributed by atoms with Crippen LogP contribution in [0.5, 0.6) is 0 Å². The lowest BCUT2D eigenvalue weighted by Gasteiger charge is -2.26. The number of aliphatic hydroxyl groups excluding tert-OH is 1. The highest BCUT2D eigenvalue weighted by atomic mass is 16.3. The zero-order valence-electron chi connectivity index (χ0n) is 12.9. The van der Waals surface area contributed by atoms with Gasteiger partial charge in [-0.3, -0.25) is 9.59 Å². The summed E-state index contributed by atoms with van der Waals surface area (Å²) in [6, 6.07) is 7.37. The summed E-state index contributed by atoms with van der Waals surface area (Å²) in [5, 5.41) is 11.6. The van der Waals surface area contributed by atoms with E-state index in [2.05, 4.69) is 5.32 Å². The summed E-state index contributed by atoms with van der Waals surface area (Å²) in [5.41, 5.74) is 1.63. The van der Waals surface area contributed by atoms with E-state index < -0.39 is 0 Å². The number of rotatable bonds is 7. The van der Waals surface area contributed by atoms with Gasteiger partial charge in [0.25, 0.3) is 0 Å². The van der Waals surface area contributed by atoms with Gasteiger partial charge >= 0.3 is 0 Å². The van der Waals surface area contributed by atoms with Crippen LogP contribution in [0.15, 0.2) is 24.3 Å². The van der Waals surface area contributed by atoms with Crippen molar-refractivity contribution in [3.63, 3.8) is 0 Å². The number of aliphatic hydroxyl groups is 1. The van der Waals surface area contributed by atoms with Crippen LogP contribution >= 0.6 is 0 Å². The Hall–Kier alpha value is -1.88. The quantitative estimate of drug-likeness (QED) is 0.805. The number of carbonyl (C=O) groups excluding carboxylic acids is 2. The molecular formula is C16H24N2O3. The van der Waals surface area contributed by atoms with Gasteiger partial charge in [-0.1, -0.05) is 12.1 Å². The molecule has 0 saturated carbocycles. The Morgan fingerprint density at radius 2 is 1.86 bits per heavy atom.